The Bertz CT molecular complexity index is 341. The number of phenolic OH excluding ortho intramolecular Hbond substituents is 1. The molecule has 1 aromatic rings. The van der Waals surface area contributed by atoms with Gasteiger partial charge in [-0.05, 0) is 31.0 Å². The van der Waals surface area contributed by atoms with Gasteiger partial charge in [-0.15, -0.1) is 0 Å². The van der Waals surface area contributed by atoms with Gasteiger partial charge in [-0.1, -0.05) is 32.3 Å². The lowest BCUT2D eigenvalue weighted by Crippen LogP contribution is -2.25. The molecule has 17 heavy (non-hydrogen) atoms. The lowest BCUT2D eigenvalue weighted by atomic mass is 10.1. The van der Waals surface area contributed by atoms with Crippen LogP contribution in [0.4, 0.5) is 4.39 Å². The molecule has 0 bridgehead atoms. The number of hydrogen-bond acceptors (Lipinski definition) is 2. The second kappa shape index (κ2) is 7.28. The summed E-state index contributed by atoms with van der Waals surface area (Å²) in [5.74, 6) is -0.840. The minimum Gasteiger partial charge on any atom is -0.505 e. The first-order valence-corrected chi connectivity index (χ1v) is 6.34. The quantitative estimate of drug-likeness (QED) is 0.713. The van der Waals surface area contributed by atoms with Gasteiger partial charge in [0, 0.05) is 12.6 Å². The SMILES string of the molecule is CCCCCC(C)NCc1ccc(O)c(F)c1. The van der Waals surface area contributed by atoms with Gasteiger partial charge in [0.1, 0.15) is 0 Å². The zero-order valence-corrected chi connectivity index (χ0v) is 10.7. The third-order valence-corrected chi connectivity index (χ3v) is 2.91. The van der Waals surface area contributed by atoms with Crippen molar-refractivity contribution in [2.75, 3.05) is 0 Å². The van der Waals surface area contributed by atoms with Crippen molar-refractivity contribution in [3.05, 3.63) is 29.6 Å². The lowest BCUT2D eigenvalue weighted by molar-refractivity contribution is 0.430. The van der Waals surface area contributed by atoms with E-state index in [-0.39, 0.29) is 5.75 Å². The fourth-order valence-corrected chi connectivity index (χ4v) is 1.76. The average molecular weight is 239 g/mol. The second-order valence-corrected chi connectivity index (χ2v) is 4.56. The van der Waals surface area contributed by atoms with Crippen molar-refractivity contribution in [1.82, 2.24) is 5.32 Å². The van der Waals surface area contributed by atoms with E-state index in [0.29, 0.717) is 12.6 Å². The fraction of sp³-hybridized carbons (Fsp3) is 0.571. The Labute approximate surface area is 103 Å². The third kappa shape index (κ3) is 5.18. The molecule has 0 aliphatic heterocycles. The monoisotopic (exact) mass is 239 g/mol. The molecule has 3 heteroatoms. The Morgan fingerprint density at radius 3 is 2.76 bits per heavy atom. The fourth-order valence-electron chi connectivity index (χ4n) is 1.76. The number of nitrogens with one attached hydrogen (secondary N) is 1. The Morgan fingerprint density at radius 2 is 2.12 bits per heavy atom. The number of halogens is 1. The first-order valence-electron chi connectivity index (χ1n) is 6.34. The summed E-state index contributed by atoms with van der Waals surface area (Å²) >= 11 is 0. The van der Waals surface area contributed by atoms with E-state index in [2.05, 4.69) is 19.2 Å². The van der Waals surface area contributed by atoms with Gasteiger partial charge in [0.05, 0.1) is 0 Å². The van der Waals surface area contributed by atoms with Crippen LogP contribution in [0.15, 0.2) is 18.2 Å². The minimum atomic E-state index is -0.553. The van der Waals surface area contributed by atoms with Crippen LogP contribution in [0.1, 0.15) is 45.1 Å². The van der Waals surface area contributed by atoms with E-state index in [0.717, 1.165) is 12.0 Å². The second-order valence-electron chi connectivity index (χ2n) is 4.56. The van der Waals surface area contributed by atoms with Crippen LogP contribution in [0.5, 0.6) is 5.75 Å². The molecule has 1 aromatic carbocycles. The Balaban J connectivity index is 2.31. The molecule has 1 rings (SSSR count). The molecular weight excluding hydrogens is 217 g/mol. The smallest absolute Gasteiger partial charge is 0.165 e. The van der Waals surface area contributed by atoms with Crippen LogP contribution in [-0.4, -0.2) is 11.1 Å². The maximum absolute atomic E-state index is 13.1. The molecule has 0 saturated heterocycles. The van der Waals surface area contributed by atoms with Gasteiger partial charge in [0.2, 0.25) is 0 Å². The average Bonchev–Trinajstić information content (AvgIpc) is 2.31. The molecule has 1 unspecified atom stereocenters. The molecule has 0 aliphatic rings. The van der Waals surface area contributed by atoms with E-state index in [9.17, 15) is 4.39 Å². The lowest BCUT2D eigenvalue weighted by Gasteiger charge is -2.13. The predicted octanol–water partition coefficient (Wildman–Crippen LogP) is 3.59. The molecule has 0 saturated carbocycles. The van der Waals surface area contributed by atoms with Gasteiger partial charge in [-0.25, -0.2) is 4.39 Å². The van der Waals surface area contributed by atoms with Crippen LogP contribution in [-0.2, 0) is 6.54 Å². The third-order valence-electron chi connectivity index (χ3n) is 2.91. The molecule has 1 atom stereocenters. The van der Waals surface area contributed by atoms with E-state index in [4.69, 9.17) is 5.11 Å². The van der Waals surface area contributed by atoms with Gasteiger partial charge < -0.3 is 10.4 Å². The number of rotatable bonds is 7. The van der Waals surface area contributed by atoms with Crippen LogP contribution in [0, 0.1) is 5.82 Å². The van der Waals surface area contributed by atoms with Gasteiger partial charge >= 0.3 is 0 Å². The highest BCUT2D eigenvalue weighted by molar-refractivity contribution is 5.27. The van der Waals surface area contributed by atoms with E-state index < -0.39 is 5.82 Å². The number of hydrogen-bond donors (Lipinski definition) is 2. The molecule has 2 N–H and O–H groups in total. The number of aromatic hydroxyl groups is 1. The van der Waals surface area contributed by atoms with E-state index >= 15 is 0 Å². The normalized spacial score (nSPS) is 12.6. The van der Waals surface area contributed by atoms with Gasteiger partial charge in [-0.2, -0.15) is 0 Å². The number of phenols is 1. The summed E-state index contributed by atoms with van der Waals surface area (Å²) in [6, 6.07) is 4.96. The molecule has 2 nitrogen and oxygen atoms in total. The van der Waals surface area contributed by atoms with Crippen LogP contribution in [0.3, 0.4) is 0 Å². The maximum Gasteiger partial charge on any atom is 0.165 e. The van der Waals surface area contributed by atoms with Crippen molar-refractivity contribution in [3.63, 3.8) is 0 Å². The van der Waals surface area contributed by atoms with E-state index in [1.54, 1.807) is 6.07 Å². The first kappa shape index (κ1) is 14.0. The standard InChI is InChI=1S/C14H22FNO/c1-3-4-5-6-11(2)16-10-12-7-8-14(17)13(15)9-12/h7-9,11,16-17H,3-6,10H2,1-2H3. The van der Waals surface area contributed by atoms with Crippen molar-refractivity contribution in [2.45, 2.75) is 52.1 Å². The molecule has 0 heterocycles. The van der Waals surface area contributed by atoms with Crippen LogP contribution < -0.4 is 5.32 Å². The first-order chi connectivity index (χ1) is 8.13. The zero-order chi connectivity index (χ0) is 12.7. The summed E-state index contributed by atoms with van der Waals surface area (Å²) in [5.41, 5.74) is 0.864. The van der Waals surface area contributed by atoms with Gasteiger partial charge in [-0.3, -0.25) is 0 Å². The molecule has 0 fully saturated rings. The summed E-state index contributed by atoms with van der Waals surface area (Å²) < 4.78 is 13.1. The van der Waals surface area contributed by atoms with Crippen molar-refractivity contribution in [3.8, 4) is 5.75 Å². The molecule has 0 aliphatic carbocycles. The largest absolute Gasteiger partial charge is 0.505 e. The predicted molar refractivity (Wildman–Crippen MR) is 68.5 cm³/mol. The van der Waals surface area contributed by atoms with Gasteiger partial charge in [0.25, 0.3) is 0 Å². The van der Waals surface area contributed by atoms with Crippen molar-refractivity contribution in [2.24, 2.45) is 0 Å². The summed E-state index contributed by atoms with van der Waals surface area (Å²) in [5, 5.41) is 12.4. The van der Waals surface area contributed by atoms with Crippen LogP contribution in [0.25, 0.3) is 0 Å². The zero-order valence-electron chi connectivity index (χ0n) is 10.7. The minimum absolute atomic E-state index is 0.287. The highest BCUT2D eigenvalue weighted by Gasteiger charge is 2.04. The maximum atomic E-state index is 13.1. The molecule has 0 radical (unpaired) electrons. The Hall–Kier alpha value is -1.09. The Morgan fingerprint density at radius 1 is 1.35 bits per heavy atom. The van der Waals surface area contributed by atoms with Crippen LogP contribution in [0.2, 0.25) is 0 Å². The van der Waals surface area contributed by atoms with Crippen molar-refractivity contribution < 1.29 is 9.50 Å². The summed E-state index contributed by atoms with van der Waals surface area (Å²) in [6.45, 7) is 4.98. The molecule has 96 valence electrons. The molecule has 0 aromatic heterocycles. The van der Waals surface area contributed by atoms with E-state index in [1.165, 1.54) is 31.4 Å². The van der Waals surface area contributed by atoms with Crippen molar-refractivity contribution >= 4 is 0 Å². The van der Waals surface area contributed by atoms with E-state index in [1.807, 2.05) is 0 Å². The van der Waals surface area contributed by atoms with Gasteiger partial charge in [0.15, 0.2) is 11.6 Å². The summed E-state index contributed by atoms with van der Waals surface area (Å²) in [6.07, 6.45) is 4.87. The molecular formula is C14H22FNO. The summed E-state index contributed by atoms with van der Waals surface area (Å²) in [7, 11) is 0. The summed E-state index contributed by atoms with van der Waals surface area (Å²) in [4.78, 5) is 0. The highest BCUT2D eigenvalue weighted by Crippen LogP contribution is 2.16. The molecule has 0 spiro atoms. The highest BCUT2D eigenvalue weighted by atomic mass is 19.1. The molecule has 0 amide bonds. The topological polar surface area (TPSA) is 32.3 Å². The van der Waals surface area contributed by atoms with Crippen molar-refractivity contribution in [1.29, 1.82) is 0 Å². The number of unbranched alkanes of at least 4 members (excludes halogenated alkanes) is 2. The number of benzene rings is 1. The Kier molecular flexibility index (Phi) is 5.98. The van der Waals surface area contributed by atoms with Crippen LogP contribution >= 0.6 is 0 Å².